The molecule has 0 saturated heterocycles. The van der Waals surface area contributed by atoms with Crippen molar-refractivity contribution < 1.29 is 0 Å². The zero-order valence-corrected chi connectivity index (χ0v) is 10.4. The van der Waals surface area contributed by atoms with Gasteiger partial charge in [-0.1, -0.05) is 63.6 Å². The van der Waals surface area contributed by atoms with E-state index in [9.17, 15) is 0 Å². The molecule has 0 aromatic carbocycles. The third-order valence-corrected chi connectivity index (χ3v) is 0.810. The summed E-state index contributed by atoms with van der Waals surface area (Å²) in [6.45, 7) is 17.9. The lowest BCUT2D eigenvalue weighted by atomic mass is 10.2. The number of hydrogen-bond acceptors (Lipinski definition) is 0. The molecule has 0 nitrogen and oxygen atoms in total. The molecule has 0 heteroatoms. The predicted molar refractivity (Wildman–Crippen MR) is 66.1 cm³/mol. The van der Waals surface area contributed by atoms with E-state index >= 15 is 0 Å². The molecule has 0 radical (unpaired) electrons. The van der Waals surface area contributed by atoms with Crippen molar-refractivity contribution in [2.24, 2.45) is 0 Å². The largest absolute Gasteiger partial charge is 0.0961 e. The highest BCUT2D eigenvalue weighted by Gasteiger charge is 1.71. The normalized spacial score (nSPS) is 7.62. The Morgan fingerprint density at radius 1 is 0.923 bits per heavy atom. The van der Waals surface area contributed by atoms with E-state index in [4.69, 9.17) is 0 Å². The summed E-state index contributed by atoms with van der Waals surface area (Å²) < 4.78 is 0. The van der Waals surface area contributed by atoms with Gasteiger partial charge in [0.25, 0.3) is 0 Å². The van der Waals surface area contributed by atoms with E-state index in [-0.39, 0.29) is 0 Å². The Labute approximate surface area is 85.1 Å². The van der Waals surface area contributed by atoms with Crippen molar-refractivity contribution in [3.8, 4) is 0 Å². The summed E-state index contributed by atoms with van der Waals surface area (Å²) >= 11 is 0. The second-order valence-electron chi connectivity index (χ2n) is 2.45. The van der Waals surface area contributed by atoms with Crippen LogP contribution in [-0.2, 0) is 0 Å². The van der Waals surface area contributed by atoms with Crippen LogP contribution >= 0.6 is 0 Å². The zero-order valence-electron chi connectivity index (χ0n) is 10.4. The van der Waals surface area contributed by atoms with Crippen molar-refractivity contribution in [3.63, 3.8) is 0 Å². The van der Waals surface area contributed by atoms with Crippen molar-refractivity contribution in [1.82, 2.24) is 0 Å². The SMILES string of the molecule is C=C(C)/C=C\C=C(C)C.CC.CC. The fourth-order valence-corrected chi connectivity index (χ4v) is 0.405. The second kappa shape index (κ2) is 17.3. The minimum absolute atomic E-state index is 1.09. The molecule has 0 spiro atoms. The Morgan fingerprint density at radius 3 is 1.54 bits per heavy atom. The lowest BCUT2D eigenvalue weighted by molar-refractivity contribution is 1.39. The van der Waals surface area contributed by atoms with Gasteiger partial charge < -0.3 is 0 Å². The van der Waals surface area contributed by atoms with Crippen LogP contribution in [0.3, 0.4) is 0 Å². The zero-order chi connectivity index (χ0) is 11.3. The molecular formula is C13H26. The standard InChI is InChI=1S/C9H14.2C2H6/c1-8(2)6-5-7-9(3)4;2*1-2/h5-7H,1H2,2-4H3;2*1-2H3/b6-5-;;. The maximum atomic E-state index is 3.74. The summed E-state index contributed by atoms with van der Waals surface area (Å²) in [5, 5.41) is 0. The molecule has 0 bridgehead atoms. The van der Waals surface area contributed by atoms with E-state index in [1.807, 2.05) is 46.8 Å². The van der Waals surface area contributed by atoms with E-state index in [2.05, 4.69) is 26.5 Å². The van der Waals surface area contributed by atoms with Crippen LogP contribution < -0.4 is 0 Å². The first-order valence-electron chi connectivity index (χ1n) is 5.10. The fraction of sp³-hybridized carbons (Fsp3) is 0.538. The molecule has 0 rings (SSSR count). The predicted octanol–water partition coefficient (Wildman–Crippen LogP) is 5.14. The molecule has 0 aromatic rings. The van der Waals surface area contributed by atoms with Gasteiger partial charge in [-0.05, 0) is 20.8 Å². The maximum absolute atomic E-state index is 3.74. The van der Waals surface area contributed by atoms with Crippen LogP contribution in [0.25, 0.3) is 0 Å². The highest BCUT2D eigenvalue weighted by atomic mass is 13.8. The van der Waals surface area contributed by atoms with Crippen molar-refractivity contribution in [3.05, 3.63) is 36.0 Å². The van der Waals surface area contributed by atoms with Gasteiger partial charge in [0, 0.05) is 0 Å². The monoisotopic (exact) mass is 182 g/mol. The molecule has 0 aliphatic rings. The highest BCUT2D eigenvalue weighted by Crippen LogP contribution is 1.92. The van der Waals surface area contributed by atoms with Crippen molar-refractivity contribution in [2.45, 2.75) is 48.5 Å². The summed E-state index contributed by atoms with van der Waals surface area (Å²) in [5.41, 5.74) is 2.40. The Morgan fingerprint density at radius 2 is 1.31 bits per heavy atom. The number of hydrogen-bond donors (Lipinski definition) is 0. The molecule has 0 unspecified atom stereocenters. The minimum atomic E-state index is 1.09. The highest BCUT2D eigenvalue weighted by molar-refractivity contribution is 5.18. The van der Waals surface area contributed by atoms with Gasteiger partial charge in [-0.2, -0.15) is 0 Å². The molecule has 0 aliphatic carbocycles. The summed E-state index contributed by atoms with van der Waals surface area (Å²) in [4.78, 5) is 0. The van der Waals surface area contributed by atoms with Gasteiger partial charge in [-0.15, -0.1) is 0 Å². The molecule has 0 saturated carbocycles. The summed E-state index contributed by atoms with van der Waals surface area (Å²) in [6.07, 6.45) is 6.07. The summed E-state index contributed by atoms with van der Waals surface area (Å²) in [6, 6.07) is 0. The molecule has 0 atom stereocenters. The molecule has 0 aliphatic heterocycles. The number of rotatable bonds is 2. The molecule has 78 valence electrons. The molecular weight excluding hydrogens is 156 g/mol. The van der Waals surface area contributed by atoms with Gasteiger partial charge >= 0.3 is 0 Å². The third-order valence-electron chi connectivity index (χ3n) is 0.810. The van der Waals surface area contributed by atoms with Gasteiger partial charge in [0.2, 0.25) is 0 Å². The van der Waals surface area contributed by atoms with E-state index < -0.39 is 0 Å². The van der Waals surface area contributed by atoms with Crippen LogP contribution in [0.4, 0.5) is 0 Å². The Balaban J connectivity index is -0.000000218. The lowest BCUT2D eigenvalue weighted by Crippen LogP contribution is -1.61. The second-order valence-corrected chi connectivity index (χ2v) is 2.45. The Kier molecular flexibility index (Phi) is 24.1. The average molecular weight is 182 g/mol. The van der Waals surface area contributed by atoms with Crippen LogP contribution in [0.2, 0.25) is 0 Å². The quantitative estimate of drug-likeness (QED) is 0.519. The van der Waals surface area contributed by atoms with E-state index in [1.165, 1.54) is 5.57 Å². The molecule has 0 N–H and O–H groups in total. The summed E-state index contributed by atoms with van der Waals surface area (Å²) in [7, 11) is 0. The Hall–Kier alpha value is -0.780. The first-order chi connectivity index (χ1) is 6.13. The molecule has 13 heavy (non-hydrogen) atoms. The van der Waals surface area contributed by atoms with Gasteiger partial charge in [0.05, 0.1) is 0 Å². The smallest absolute Gasteiger partial charge is 0.0404 e. The van der Waals surface area contributed by atoms with Crippen LogP contribution in [0, 0.1) is 0 Å². The van der Waals surface area contributed by atoms with E-state index in [1.54, 1.807) is 0 Å². The third kappa shape index (κ3) is 35.0. The molecule has 0 heterocycles. The first-order valence-corrected chi connectivity index (χ1v) is 5.10. The van der Waals surface area contributed by atoms with Gasteiger partial charge in [-0.3, -0.25) is 0 Å². The number of allylic oxidation sites excluding steroid dienone is 5. The van der Waals surface area contributed by atoms with Crippen molar-refractivity contribution in [2.75, 3.05) is 0 Å². The fourth-order valence-electron chi connectivity index (χ4n) is 0.405. The average Bonchev–Trinajstić information content (AvgIpc) is 2.10. The first kappa shape index (κ1) is 18.1. The Bertz CT molecular complexity index is 143. The molecule has 0 aromatic heterocycles. The van der Waals surface area contributed by atoms with Crippen molar-refractivity contribution >= 4 is 0 Å². The van der Waals surface area contributed by atoms with Crippen LogP contribution in [0.1, 0.15) is 48.5 Å². The van der Waals surface area contributed by atoms with E-state index in [0.29, 0.717) is 0 Å². The van der Waals surface area contributed by atoms with E-state index in [0.717, 1.165) is 5.57 Å². The van der Waals surface area contributed by atoms with Gasteiger partial charge in [0.1, 0.15) is 0 Å². The maximum Gasteiger partial charge on any atom is -0.0404 e. The lowest BCUT2D eigenvalue weighted by Gasteiger charge is -1.83. The van der Waals surface area contributed by atoms with Gasteiger partial charge in [-0.25, -0.2) is 0 Å². The van der Waals surface area contributed by atoms with Crippen molar-refractivity contribution in [1.29, 1.82) is 0 Å². The summed E-state index contributed by atoms with van der Waals surface area (Å²) in [5.74, 6) is 0. The van der Waals surface area contributed by atoms with Crippen LogP contribution in [-0.4, -0.2) is 0 Å². The van der Waals surface area contributed by atoms with Gasteiger partial charge in [0.15, 0.2) is 0 Å². The topological polar surface area (TPSA) is 0 Å². The molecule has 0 fully saturated rings. The van der Waals surface area contributed by atoms with Crippen LogP contribution in [0.5, 0.6) is 0 Å². The molecule has 0 amide bonds. The minimum Gasteiger partial charge on any atom is -0.0961 e. The van der Waals surface area contributed by atoms with Crippen LogP contribution in [0.15, 0.2) is 36.0 Å².